The minimum Gasteiger partial charge on any atom is -0.396 e. The molecule has 2 N–H and O–H groups in total. The number of rotatable bonds is 2. The average Bonchev–Trinajstić information content (AvgIpc) is 2.21. The largest absolute Gasteiger partial charge is 0.396 e. The van der Waals surface area contributed by atoms with Gasteiger partial charge in [-0.15, -0.1) is 0 Å². The number of hydrogen-bond acceptors (Lipinski definition) is 2. The topological polar surface area (TPSA) is 32.3 Å². The predicted molar refractivity (Wildman–Crippen MR) is 50.7 cm³/mol. The van der Waals surface area contributed by atoms with Crippen LogP contribution in [0.3, 0.4) is 0 Å². The fourth-order valence-corrected chi connectivity index (χ4v) is 1.14. The van der Waals surface area contributed by atoms with Crippen molar-refractivity contribution in [3.05, 3.63) is 36.3 Å². The number of halogens is 1. The van der Waals surface area contributed by atoms with Crippen LogP contribution in [-0.4, -0.2) is 18.3 Å². The maximum Gasteiger partial charge on any atom is 0.122 e. The molecule has 0 amide bonds. The van der Waals surface area contributed by atoms with E-state index in [-0.39, 0.29) is 18.4 Å². The summed E-state index contributed by atoms with van der Waals surface area (Å²) in [5.74, 6) is -0.0743. The third kappa shape index (κ3) is 3.90. The van der Waals surface area contributed by atoms with E-state index in [0.29, 0.717) is 6.42 Å². The summed E-state index contributed by atoms with van der Waals surface area (Å²) in [6, 6.07) is 0. The number of nitrogens with one attached hydrogen (secondary N) is 1. The summed E-state index contributed by atoms with van der Waals surface area (Å²) >= 11 is 0. The van der Waals surface area contributed by atoms with Crippen LogP contribution in [0, 0.1) is 5.92 Å². The molecule has 1 atom stereocenters. The van der Waals surface area contributed by atoms with Gasteiger partial charge in [-0.25, -0.2) is 4.39 Å². The van der Waals surface area contributed by atoms with Gasteiger partial charge in [0.25, 0.3) is 0 Å². The van der Waals surface area contributed by atoms with Gasteiger partial charge in [0.2, 0.25) is 0 Å². The number of aliphatic hydroxyl groups excluding tert-OH is 1. The molecule has 0 aromatic rings. The monoisotopic (exact) mass is 183 g/mol. The second kappa shape index (κ2) is 5.54. The molecule has 0 radical (unpaired) electrons. The van der Waals surface area contributed by atoms with Crippen molar-refractivity contribution in [1.29, 1.82) is 0 Å². The third-order valence-corrected chi connectivity index (χ3v) is 1.88. The summed E-state index contributed by atoms with van der Waals surface area (Å²) in [5.41, 5.74) is 0. The molecule has 0 spiro atoms. The molecule has 13 heavy (non-hydrogen) atoms. The Bertz CT molecular complexity index is 233. The van der Waals surface area contributed by atoms with Crippen LogP contribution in [0.1, 0.15) is 6.42 Å². The van der Waals surface area contributed by atoms with Crippen LogP contribution in [0.4, 0.5) is 4.39 Å². The predicted octanol–water partition coefficient (Wildman–Crippen LogP) is 1.51. The Morgan fingerprint density at radius 1 is 1.62 bits per heavy atom. The number of hydrogen-bond donors (Lipinski definition) is 2. The zero-order chi connectivity index (χ0) is 9.52. The maximum absolute atomic E-state index is 12.9. The first-order chi connectivity index (χ1) is 6.33. The van der Waals surface area contributed by atoms with Gasteiger partial charge < -0.3 is 10.4 Å². The second-order valence-electron chi connectivity index (χ2n) is 2.95. The molecule has 2 nitrogen and oxygen atoms in total. The molecule has 1 heterocycles. The van der Waals surface area contributed by atoms with Crippen LogP contribution in [0.2, 0.25) is 0 Å². The molecule has 1 unspecified atom stereocenters. The first kappa shape index (κ1) is 9.99. The van der Waals surface area contributed by atoms with Crippen molar-refractivity contribution in [3.63, 3.8) is 0 Å². The van der Waals surface area contributed by atoms with Crippen molar-refractivity contribution in [2.24, 2.45) is 5.92 Å². The van der Waals surface area contributed by atoms with Crippen LogP contribution in [0.5, 0.6) is 0 Å². The van der Waals surface area contributed by atoms with Crippen LogP contribution in [0.25, 0.3) is 0 Å². The fourth-order valence-electron chi connectivity index (χ4n) is 1.14. The highest BCUT2D eigenvalue weighted by atomic mass is 19.1. The van der Waals surface area contributed by atoms with Gasteiger partial charge in [0.1, 0.15) is 5.83 Å². The van der Waals surface area contributed by atoms with E-state index in [1.807, 2.05) is 0 Å². The molecule has 3 heteroatoms. The highest BCUT2D eigenvalue weighted by molar-refractivity contribution is 5.19. The molecule has 0 bridgehead atoms. The number of allylic oxidation sites excluding steroid dienone is 4. The summed E-state index contributed by atoms with van der Waals surface area (Å²) in [6.07, 6.45) is 8.60. The van der Waals surface area contributed by atoms with Gasteiger partial charge in [0.05, 0.1) is 0 Å². The lowest BCUT2D eigenvalue weighted by Crippen LogP contribution is -2.17. The first-order valence-corrected chi connectivity index (χ1v) is 4.37. The van der Waals surface area contributed by atoms with Crippen molar-refractivity contribution in [2.75, 3.05) is 13.2 Å². The molecule has 72 valence electrons. The van der Waals surface area contributed by atoms with Crippen molar-refractivity contribution in [1.82, 2.24) is 5.32 Å². The van der Waals surface area contributed by atoms with E-state index < -0.39 is 0 Å². The van der Waals surface area contributed by atoms with Crippen molar-refractivity contribution < 1.29 is 9.50 Å². The molecule has 0 aromatic heterocycles. The van der Waals surface area contributed by atoms with Gasteiger partial charge in [-0.2, -0.15) is 0 Å². The Balaban J connectivity index is 2.60. The van der Waals surface area contributed by atoms with E-state index in [9.17, 15) is 4.39 Å². The highest BCUT2D eigenvalue weighted by Gasteiger charge is 2.03. The molecular formula is C10H14FNO. The quantitative estimate of drug-likeness (QED) is 0.680. The maximum atomic E-state index is 12.9. The lowest BCUT2D eigenvalue weighted by molar-refractivity contribution is 0.269. The Kier molecular flexibility index (Phi) is 4.26. The van der Waals surface area contributed by atoms with Crippen LogP contribution in [0.15, 0.2) is 36.3 Å². The second-order valence-corrected chi connectivity index (χ2v) is 2.95. The van der Waals surface area contributed by atoms with Gasteiger partial charge in [-0.3, -0.25) is 0 Å². The average molecular weight is 183 g/mol. The summed E-state index contributed by atoms with van der Waals surface area (Å²) in [4.78, 5) is 0. The van der Waals surface area contributed by atoms with E-state index >= 15 is 0 Å². The molecule has 1 aliphatic heterocycles. The van der Waals surface area contributed by atoms with E-state index in [2.05, 4.69) is 5.32 Å². The minimum absolute atomic E-state index is 0.131. The van der Waals surface area contributed by atoms with E-state index in [4.69, 9.17) is 5.11 Å². The molecular weight excluding hydrogens is 169 g/mol. The van der Waals surface area contributed by atoms with Crippen molar-refractivity contribution in [3.8, 4) is 0 Å². The lowest BCUT2D eigenvalue weighted by atomic mass is 10.1. The van der Waals surface area contributed by atoms with Crippen LogP contribution < -0.4 is 5.32 Å². The lowest BCUT2D eigenvalue weighted by Gasteiger charge is -2.09. The van der Waals surface area contributed by atoms with Gasteiger partial charge in [0.15, 0.2) is 0 Å². The normalized spacial score (nSPS) is 31.5. The molecule has 1 rings (SSSR count). The zero-order valence-corrected chi connectivity index (χ0v) is 7.41. The Labute approximate surface area is 77.5 Å². The molecule has 0 aromatic carbocycles. The molecule has 1 aliphatic rings. The first-order valence-electron chi connectivity index (χ1n) is 4.37. The molecule has 0 aliphatic carbocycles. The summed E-state index contributed by atoms with van der Waals surface area (Å²) < 4.78 is 12.9. The van der Waals surface area contributed by atoms with E-state index in [0.717, 1.165) is 6.54 Å². The van der Waals surface area contributed by atoms with Gasteiger partial charge >= 0.3 is 0 Å². The fraction of sp³-hybridized carbons (Fsp3) is 0.400. The standard InChI is InChI=1S/C10H14FNO/c11-10-2-1-6-12-8-9(3-4-10)5-7-13/h1-4,6,9,12-13H,5,7-8H2/b4-3+,6-1+,10-2+. The van der Waals surface area contributed by atoms with Crippen molar-refractivity contribution >= 4 is 0 Å². The zero-order valence-electron chi connectivity index (χ0n) is 7.41. The van der Waals surface area contributed by atoms with Gasteiger partial charge in [-0.1, -0.05) is 6.08 Å². The molecule has 0 saturated carbocycles. The van der Waals surface area contributed by atoms with Crippen LogP contribution in [-0.2, 0) is 0 Å². The van der Waals surface area contributed by atoms with Crippen molar-refractivity contribution in [2.45, 2.75) is 6.42 Å². The highest BCUT2D eigenvalue weighted by Crippen LogP contribution is 2.08. The van der Waals surface area contributed by atoms with Gasteiger partial charge in [0, 0.05) is 13.2 Å². The third-order valence-electron chi connectivity index (χ3n) is 1.88. The van der Waals surface area contributed by atoms with Crippen LogP contribution >= 0.6 is 0 Å². The summed E-state index contributed by atoms with van der Waals surface area (Å²) in [5, 5.41) is 11.8. The van der Waals surface area contributed by atoms with E-state index in [1.54, 1.807) is 18.4 Å². The summed E-state index contributed by atoms with van der Waals surface area (Å²) in [6.45, 7) is 0.862. The molecule has 0 fully saturated rings. The smallest absolute Gasteiger partial charge is 0.122 e. The molecule has 0 saturated heterocycles. The van der Waals surface area contributed by atoms with Gasteiger partial charge in [-0.05, 0) is 36.8 Å². The Hall–Kier alpha value is -1.09. The Morgan fingerprint density at radius 2 is 2.46 bits per heavy atom. The number of aliphatic hydroxyl groups is 1. The summed E-state index contributed by atoms with van der Waals surface area (Å²) in [7, 11) is 0. The minimum atomic E-state index is -0.261. The Morgan fingerprint density at radius 3 is 3.23 bits per heavy atom. The SMILES string of the molecule is OCCC1/C=C/C(F)=C\C=C\NC1. The van der Waals surface area contributed by atoms with E-state index in [1.165, 1.54) is 12.2 Å².